The molecule has 1 aromatic rings. The van der Waals surface area contributed by atoms with Crippen LogP contribution in [-0.2, 0) is 13.0 Å². The van der Waals surface area contributed by atoms with Crippen LogP contribution >= 0.6 is 11.6 Å². The summed E-state index contributed by atoms with van der Waals surface area (Å²) in [5, 5.41) is 9.00. The number of rotatable bonds is 8. The van der Waals surface area contributed by atoms with E-state index in [-0.39, 0.29) is 5.41 Å². The summed E-state index contributed by atoms with van der Waals surface area (Å²) in [5.74, 6) is 1.25. The van der Waals surface area contributed by atoms with Gasteiger partial charge in [0.1, 0.15) is 0 Å². The molecule has 3 nitrogen and oxygen atoms in total. The second-order valence-electron chi connectivity index (χ2n) is 7.17. The number of nitrogens with zero attached hydrogens (tertiary/aromatic N) is 2. The fourth-order valence-electron chi connectivity index (χ4n) is 2.54. The summed E-state index contributed by atoms with van der Waals surface area (Å²) in [5.41, 5.74) is 2.30. The molecule has 0 amide bonds. The van der Waals surface area contributed by atoms with Crippen molar-refractivity contribution in [1.29, 1.82) is 0 Å². The lowest BCUT2D eigenvalue weighted by Crippen LogP contribution is -2.39. The fraction of sp³-hybridized carbons (Fsp3) is 0.824. The van der Waals surface area contributed by atoms with Crippen LogP contribution < -0.4 is 5.32 Å². The van der Waals surface area contributed by atoms with Gasteiger partial charge in [-0.25, -0.2) is 0 Å². The third kappa shape index (κ3) is 4.72. The molecule has 4 heteroatoms. The molecule has 1 N–H and O–H groups in total. The first-order valence-electron chi connectivity index (χ1n) is 8.13. The zero-order chi connectivity index (χ0) is 16.2. The Morgan fingerprint density at radius 3 is 2.38 bits per heavy atom. The Kier molecular flexibility index (Phi) is 6.73. The Morgan fingerprint density at radius 2 is 1.90 bits per heavy atom. The normalized spacial score (nSPS) is 15.0. The average Bonchev–Trinajstić information content (AvgIpc) is 2.65. The molecule has 1 rings (SSSR count). The van der Waals surface area contributed by atoms with Crippen molar-refractivity contribution in [2.75, 3.05) is 13.1 Å². The van der Waals surface area contributed by atoms with Crippen molar-refractivity contribution in [1.82, 2.24) is 15.1 Å². The van der Waals surface area contributed by atoms with E-state index in [1.807, 2.05) is 6.92 Å². The number of halogens is 1. The highest BCUT2D eigenvalue weighted by Crippen LogP contribution is 2.34. The van der Waals surface area contributed by atoms with E-state index in [2.05, 4.69) is 56.6 Å². The van der Waals surface area contributed by atoms with Crippen molar-refractivity contribution in [2.24, 2.45) is 17.3 Å². The van der Waals surface area contributed by atoms with Gasteiger partial charge in [-0.15, -0.1) is 0 Å². The summed E-state index contributed by atoms with van der Waals surface area (Å²) in [6.07, 6.45) is 0.962. The van der Waals surface area contributed by atoms with Crippen molar-refractivity contribution < 1.29 is 0 Å². The molecule has 0 bridgehead atoms. The molecule has 0 radical (unpaired) electrons. The van der Waals surface area contributed by atoms with E-state index in [0.29, 0.717) is 11.8 Å². The highest BCUT2D eigenvalue weighted by molar-refractivity contribution is 6.31. The summed E-state index contributed by atoms with van der Waals surface area (Å²) in [6.45, 7) is 18.5. The van der Waals surface area contributed by atoms with Crippen LogP contribution in [0.25, 0.3) is 0 Å². The summed E-state index contributed by atoms with van der Waals surface area (Å²) in [4.78, 5) is 0. The van der Waals surface area contributed by atoms with Crippen molar-refractivity contribution >= 4 is 11.6 Å². The third-order valence-corrected chi connectivity index (χ3v) is 4.99. The van der Waals surface area contributed by atoms with Crippen molar-refractivity contribution in [2.45, 2.75) is 61.4 Å². The highest BCUT2D eigenvalue weighted by Gasteiger charge is 2.31. The first-order chi connectivity index (χ1) is 9.71. The lowest BCUT2D eigenvalue weighted by atomic mass is 9.75. The van der Waals surface area contributed by atoms with Crippen LogP contribution in [0.15, 0.2) is 0 Å². The molecular weight excluding hydrogens is 282 g/mol. The summed E-state index contributed by atoms with van der Waals surface area (Å²) in [6, 6.07) is 0. The van der Waals surface area contributed by atoms with Gasteiger partial charge in [-0.2, -0.15) is 5.10 Å². The molecule has 1 aromatic heterocycles. The van der Waals surface area contributed by atoms with Crippen LogP contribution in [0.4, 0.5) is 0 Å². The SMILES string of the molecule is CCn1nc(C)c(Cl)c1CC(C)(CNCC(C)C)C(C)C. The smallest absolute Gasteiger partial charge is 0.0847 e. The summed E-state index contributed by atoms with van der Waals surface area (Å²) < 4.78 is 2.06. The second kappa shape index (κ2) is 7.64. The zero-order valence-corrected chi connectivity index (χ0v) is 15.5. The van der Waals surface area contributed by atoms with Crippen LogP contribution in [0.2, 0.25) is 5.02 Å². The fourth-order valence-corrected chi connectivity index (χ4v) is 2.74. The average molecular weight is 314 g/mol. The van der Waals surface area contributed by atoms with Crippen molar-refractivity contribution in [3.05, 3.63) is 16.4 Å². The molecule has 0 aliphatic heterocycles. The minimum atomic E-state index is 0.178. The molecule has 1 unspecified atom stereocenters. The van der Waals surface area contributed by atoms with E-state index < -0.39 is 0 Å². The first kappa shape index (κ1) is 18.5. The maximum atomic E-state index is 6.48. The molecule has 21 heavy (non-hydrogen) atoms. The van der Waals surface area contributed by atoms with Crippen LogP contribution in [-0.4, -0.2) is 22.9 Å². The van der Waals surface area contributed by atoms with Crippen LogP contribution in [0.5, 0.6) is 0 Å². The van der Waals surface area contributed by atoms with E-state index in [1.165, 1.54) is 5.69 Å². The van der Waals surface area contributed by atoms with Gasteiger partial charge in [-0.1, -0.05) is 46.2 Å². The van der Waals surface area contributed by atoms with E-state index in [9.17, 15) is 0 Å². The number of hydrogen-bond donors (Lipinski definition) is 1. The van der Waals surface area contributed by atoms with Crippen LogP contribution in [0.1, 0.15) is 52.9 Å². The Morgan fingerprint density at radius 1 is 1.29 bits per heavy atom. The molecule has 0 spiro atoms. The van der Waals surface area contributed by atoms with Crippen LogP contribution in [0, 0.1) is 24.2 Å². The Bertz CT molecular complexity index is 451. The highest BCUT2D eigenvalue weighted by atomic mass is 35.5. The maximum Gasteiger partial charge on any atom is 0.0847 e. The van der Waals surface area contributed by atoms with E-state index in [4.69, 9.17) is 11.6 Å². The molecule has 1 heterocycles. The largest absolute Gasteiger partial charge is 0.316 e. The zero-order valence-electron chi connectivity index (χ0n) is 14.8. The molecule has 122 valence electrons. The monoisotopic (exact) mass is 313 g/mol. The Labute approximate surface area is 135 Å². The first-order valence-corrected chi connectivity index (χ1v) is 8.51. The lowest BCUT2D eigenvalue weighted by Gasteiger charge is -2.35. The molecule has 0 fully saturated rings. The summed E-state index contributed by atoms with van der Waals surface area (Å²) >= 11 is 6.48. The standard InChI is InChI=1S/C17H32ClN3/c1-8-21-15(16(18)14(6)20-21)9-17(7,13(4)5)11-19-10-12(2)3/h12-13,19H,8-11H2,1-7H3. The molecular formula is C17H32ClN3. The number of aryl methyl sites for hydroxylation is 2. The quantitative estimate of drug-likeness (QED) is 0.775. The number of hydrogen-bond acceptors (Lipinski definition) is 2. The van der Waals surface area contributed by atoms with E-state index >= 15 is 0 Å². The molecule has 0 aliphatic rings. The minimum absolute atomic E-state index is 0.178. The molecule has 0 aromatic carbocycles. The number of aromatic nitrogens is 2. The van der Waals surface area contributed by atoms with Gasteiger partial charge in [0.05, 0.1) is 16.4 Å². The van der Waals surface area contributed by atoms with Gasteiger partial charge in [0.2, 0.25) is 0 Å². The number of nitrogens with one attached hydrogen (secondary N) is 1. The van der Waals surface area contributed by atoms with Crippen molar-refractivity contribution in [3.63, 3.8) is 0 Å². The van der Waals surface area contributed by atoms with Gasteiger partial charge in [0.25, 0.3) is 0 Å². The van der Waals surface area contributed by atoms with Gasteiger partial charge in [0.15, 0.2) is 0 Å². The molecule has 1 atom stereocenters. The van der Waals surface area contributed by atoms with Gasteiger partial charge < -0.3 is 5.32 Å². The summed E-state index contributed by atoms with van der Waals surface area (Å²) in [7, 11) is 0. The molecule has 0 saturated carbocycles. The Hall–Kier alpha value is -0.540. The van der Waals surface area contributed by atoms with Crippen molar-refractivity contribution in [3.8, 4) is 0 Å². The lowest BCUT2D eigenvalue weighted by molar-refractivity contribution is 0.200. The topological polar surface area (TPSA) is 29.9 Å². The van der Waals surface area contributed by atoms with E-state index in [0.717, 1.165) is 36.8 Å². The minimum Gasteiger partial charge on any atom is -0.316 e. The predicted octanol–water partition coefficient (Wildman–Crippen LogP) is 4.32. The van der Waals surface area contributed by atoms with Gasteiger partial charge in [0, 0.05) is 13.1 Å². The Balaban J connectivity index is 2.92. The van der Waals surface area contributed by atoms with Crippen LogP contribution in [0.3, 0.4) is 0 Å². The molecule has 0 aliphatic carbocycles. The molecule has 0 saturated heterocycles. The maximum absolute atomic E-state index is 6.48. The van der Waals surface area contributed by atoms with Gasteiger partial charge in [-0.05, 0) is 44.1 Å². The second-order valence-corrected chi connectivity index (χ2v) is 7.55. The van der Waals surface area contributed by atoms with Gasteiger partial charge in [-0.3, -0.25) is 4.68 Å². The van der Waals surface area contributed by atoms with Gasteiger partial charge >= 0.3 is 0 Å². The third-order valence-electron chi connectivity index (χ3n) is 4.50. The predicted molar refractivity (Wildman–Crippen MR) is 92.0 cm³/mol. The van der Waals surface area contributed by atoms with E-state index in [1.54, 1.807) is 0 Å².